The van der Waals surface area contributed by atoms with E-state index in [1.807, 2.05) is 0 Å². The van der Waals surface area contributed by atoms with E-state index in [-0.39, 0.29) is 5.91 Å². The van der Waals surface area contributed by atoms with Crippen molar-refractivity contribution in [2.45, 2.75) is 13.8 Å². The minimum atomic E-state index is -0.940. The van der Waals surface area contributed by atoms with Gasteiger partial charge in [0.05, 0.1) is 22.6 Å². The van der Waals surface area contributed by atoms with Crippen molar-refractivity contribution >= 4 is 22.5 Å². The number of fused-ring (bicyclic) bond motifs is 1. The zero-order valence-electron chi connectivity index (χ0n) is 12.8. The zero-order chi connectivity index (χ0) is 16.7. The van der Waals surface area contributed by atoms with Gasteiger partial charge in [-0.15, -0.1) is 0 Å². The van der Waals surface area contributed by atoms with Gasteiger partial charge in [0.1, 0.15) is 5.69 Å². The Morgan fingerprint density at radius 2 is 1.91 bits per heavy atom. The van der Waals surface area contributed by atoms with Crippen molar-refractivity contribution in [3.05, 3.63) is 41.6 Å². The van der Waals surface area contributed by atoms with E-state index in [9.17, 15) is 13.6 Å². The van der Waals surface area contributed by atoms with Crippen LogP contribution in [0.25, 0.3) is 22.3 Å². The molecule has 3 rings (SSSR count). The molecule has 0 aliphatic carbocycles. The van der Waals surface area contributed by atoms with E-state index in [4.69, 9.17) is 0 Å². The summed E-state index contributed by atoms with van der Waals surface area (Å²) in [5, 5.41) is 7.21. The molecule has 2 aromatic heterocycles. The SMILES string of the molecule is CC(=O)N(C)c1ccc(-c2n[nH]c3cc(F)c(F)cc23)nc1C. The van der Waals surface area contributed by atoms with Gasteiger partial charge in [0.15, 0.2) is 11.6 Å². The number of H-pyrrole nitrogens is 1. The van der Waals surface area contributed by atoms with Crippen LogP contribution in [0.2, 0.25) is 0 Å². The van der Waals surface area contributed by atoms with Crippen molar-refractivity contribution in [2.75, 3.05) is 11.9 Å². The number of hydrogen-bond donors (Lipinski definition) is 1. The molecule has 0 aliphatic heterocycles. The Hall–Kier alpha value is -2.83. The second-order valence-corrected chi connectivity index (χ2v) is 5.26. The van der Waals surface area contributed by atoms with Gasteiger partial charge >= 0.3 is 0 Å². The Morgan fingerprint density at radius 1 is 1.22 bits per heavy atom. The molecule has 0 atom stereocenters. The number of nitrogens with zero attached hydrogens (tertiary/aromatic N) is 3. The van der Waals surface area contributed by atoms with E-state index in [0.29, 0.717) is 33.7 Å². The van der Waals surface area contributed by atoms with Crippen molar-refractivity contribution in [1.29, 1.82) is 0 Å². The van der Waals surface area contributed by atoms with Crippen LogP contribution in [0.4, 0.5) is 14.5 Å². The third-order valence-corrected chi connectivity index (χ3v) is 3.74. The Bertz CT molecular complexity index is 920. The maximum Gasteiger partial charge on any atom is 0.223 e. The lowest BCUT2D eigenvalue weighted by molar-refractivity contribution is -0.116. The molecule has 0 saturated heterocycles. The molecule has 0 saturated carbocycles. The van der Waals surface area contributed by atoms with E-state index < -0.39 is 11.6 Å². The number of aromatic nitrogens is 3. The minimum Gasteiger partial charge on any atom is -0.314 e. The van der Waals surface area contributed by atoms with Crippen LogP contribution in [0.1, 0.15) is 12.6 Å². The Kier molecular flexibility index (Phi) is 3.55. The van der Waals surface area contributed by atoms with Crippen LogP contribution in [0.5, 0.6) is 0 Å². The van der Waals surface area contributed by atoms with Crippen LogP contribution in [0, 0.1) is 18.6 Å². The molecular weight excluding hydrogens is 302 g/mol. The van der Waals surface area contributed by atoms with Crippen molar-refractivity contribution < 1.29 is 13.6 Å². The monoisotopic (exact) mass is 316 g/mol. The standard InChI is InChI=1S/C16H14F2N4O/c1-8-15(22(3)9(2)23)5-4-13(19-8)16-10-6-11(17)12(18)7-14(10)20-21-16/h4-7H,1-3H3,(H,20,21). The van der Waals surface area contributed by atoms with Gasteiger partial charge in [-0.25, -0.2) is 13.8 Å². The molecule has 0 spiro atoms. The largest absolute Gasteiger partial charge is 0.314 e. The van der Waals surface area contributed by atoms with Crippen molar-refractivity contribution in [3.63, 3.8) is 0 Å². The molecule has 23 heavy (non-hydrogen) atoms. The second kappa shape index (κ2) is 5.42. The lowest BCUT2D eigenvalue weighted by atomic mass is 10.1. The number of amides is 1. The molecule has 0 radical (unpaired) electrons. The topological polar surface area (TPSA) is 61.9 Å². The van der Waals surface area contributed by atoms with Crippen molar-refractivity contribution in [3.8, 4) is 11.4 Å². The average Bonchev–Trinajstić information content (AvgIpc) is 2.89. The average molecular weight is 316 g/mol. The molecule has 0 aliphatic rings. The molecule has 7 heteroatoms. The minimum absolute atomic E-state index is 0.106. The highest BCUT2D eigenvalue weighted by Crippen LogP contribution is 2.29. The van der Waals surface area contributed by atoms with Gasteiger partial charge in [-0.05, 0) is 25.1 Å². The number of aryl methyl sites for hydroxylation is 1. The van der Waals surface area contributed by atoms with E-state index in [1.165, 1.54) is 11.8 Å². The predicted molar refractivity (Wildman–Crippen MR) is 83.1 cm³/mol. The molecule has 3 aromatic rings. The molecule has 0 fully saturated rings. The quantitative estimate of drug-likeness (QED) is 0.790. The highest BCUT2D eigenvalue weighted by atomic mass is 19.2. The molecule has 0 unspecified atom stereocenters. The van der Waals surface area contributed by atoms with Crippen LogP contribution < -0.4 is 4.90 Å². The lowest BCUT2D eigenvalue weighted by Crippen LogP contribution is -2.23. The number of aromatic amines is 1. The van der Waals surface area contributed by atoms with E-state index in [1.54, 1.807) is 26.1 Å². The van der Waals surface area contributed by atoms with Crippen molar-refractivity contribution in [2.24, 2.45) is 0 Å². The lowest BCUT2D eigenvalue weighted by Gasteiger charge is -2.17. The second-order valence-electron chi connectivity index (χ2n) is 5.26. The van der Waals surface area contributed by atoms with Gasteiger partial charge in [0, 0.05) is 25.4 Å². The fourth-order valence-electron chi connectivity index (χ4n) is 2.42. The molecular formula is C16H14F2N4O. The maximum absolute atomic E-state index is 13.5. The van der Waals surface area contributed by atoms with E-state index in [0.717, 1.165) is 12.1 Å². The third kappa shape index (κ3) is 2.54. The summed E-state index contributed by atoms with van der Waals surface area (Å²) in [7, 11) is 1.66. The molecule has 1 aromatic carbocycles. The molecule has 0 bridgehead atoms. The summed E-state index contributed by atoms with van der Waals surface area (Å²) in [5.74, 6) is -1.98. The number of anilines is 1. The van der Waals surface area contributed by atoms with Crippen molar-refractivity contribution in [1.82, 2.24) is 15.2 Å². The normalized spacial score (nSPS) is 11.0. The van der Waals surface area contributed by atoms with Gasteiger partial charge in [0.2, 0.25) is 5.91 Å². The van der Waals surface area contributed by atoms with E-state index >= 15 is 0 Å². The third-order valence-electron chi connectivity index (χ3n) is 3.74. The summed E-state index contributed by atoms with van der Waals surface area (Å²) in [6.45, 7) is 3.24. The highest BCUT2D eigenvalue weighted by molar-refractivity contribution is 5.94. The van der Waals surface area contributed by atoms with E-state index in [2.05, 4.69) is 15.2 Å². The summed E-state index contributed by atoms with van der Waals surface area (Å²) < 4.78 is 26.7. The predicted octanol–water partition coefficient (Wildman–Crippen LogP) is 3.19. The molecule has 5 nitrogen and oxygen atoms in total. The van der Waals surface area contributed by atoms with Crippen LogP contribution >= 0.6 is 0 Å². The van der Waals surface area contributed by atoms with Crippen LogP contribution in [0.15, 0.2) is 24.3 Å². The highest BCUT2D eigenvalue weighted by Gasteiger charge is 2.16. The number of rotatable bonds is 2. The zero-order valence-corrected chi connectivity index (χ0v) is 12.8. The smallest absolute Gasteiger partial charge is 0.223 e. The first-order chi connectivity index (χ1) is 10.9. The Morgan fingerprint density at radius 3 is 2.57 bits per heavy atom. The fourth-order valence-corrected chi connectivity index (χ4v) is 2.42. The first kappa shape index (κ1) is 15.1. The fraction of sp³-hybridized carbons (Fsp3) is 0.188. The number of carbonyl (C=O) groups is 1. The van der Waals surface area contributed by atoms with Gasteiger partial charge in [-0.1, -0.05) is 0 Å². The van der Waals surface area contributed by atoms with Gasteiger partial charge in [-0.3, -0.25) is 9.89 Å². The van der Waals surface area contributed by atoms with Gasteiger partial charge in [-0.2, -0.15) is 5.10 Å². The number of hydrogen-bond acceptors (Lipinski definition) is 3. The maximum atomic E-state index is 13.5. The molecule has 1 amide bonds. The van der Waals surface area contributed by atoms with Gasteiger partial charge in [0.25, 0.3) is 0 Å². The summed E-state index contributed by atoms with van der Waals surface area (Å²) in [5.41, 5.74) is 2.65. The Balaban J connectivity index is 2.11. The molecule has 1 N–H and O–H groups in total. The van der Waals surface area contributed by atoms with Gasteiger partial charge < -0.3 is 4.90 Å². The number of carbonyl (C=O) groups excluding carboxylic acids is 1. The number of halogens is 2. The van der Waals surface area contributed by atoms with Crippen LogP contribution in [0.3, 0.4) is 0 Å². The number of benzene rings is 1. The summed E-state index contributed by atoms with van der Waals surface area (Å²) in [6.07, 6.45) is 0. The first-order valence-electron chi connectivity index (χ1n) is 6.94. The summed E-state index contributed by atoms with van der Waals surface area (Å²) >= 11 is 0. The van der Waals surface area contributed by atoms with Crippen LogP contribution in [-0.2, 0) is 4.79 Å². The Labute approximate surface area is 130 Å². The molecule has 118 valence electrons. The summed E-state index contributed by atoms with van der Waals surface area (Å²) in [6, 6.07) is 5.60. The number of nitrogens with one attached hydrogen (secondary N) is 1. The first-order valence-corrected chi connectivity index (χ1v) is 6.94. The molecule has 2 heterocycles. The summed E-state index contributed by atoms with van der Waals surface area (Å²) in [4.78, 5) is 17.4. The number of pyridine rings is 1. The van der Waals surface area contributed by atoms with Crippen LogP contribution in [-0.4, -0.2) is 28.1 Å².